The molecule has 1 aliphatic heterocycles. The zero-order valence-electron chi connectivity index (χ0n) is 13.9. The summed E-state index contributed by atoms with van der Waals surface area (Å²) in [6.45, 7) is 4.10. The molecule has 1 aliphatic rings. The second kappa shape index (κ2) is 8.35. The maximum absolute atomic E-state index is 12.1. The van der Waals surface area contributed by atoms with Crippen LogP contribution in [0.3, 0.4) is 0 Å². The zero-order valence-corrected chi connectivity index (χ0v) is 14.7. The molecular formula is C17H25ClN4O2. The third-order valence-electron chi connectivity index (χ3n) is 4.62. The Labute approximate surface area is 147 Å². The number of hydrogen-bond donors (Lipinski definition) is 4. The van der Waals surface area contributed by atoms with Crippen molar-refractivity contribution in [2.45, 2.75) is 38.6 Å². The van der Waals surface area contributed by atoms with E-state index in [1.54, 1.807) is 0 Å². The lowest BCUT2D eigenvalue weighted by atomic mass is 9.94. The zero-order chi connectivity index (χ0) is 16.2. The van der Waals surface area contributed by atoms with Crippen LogP contribution in [0.2, 0.25) is 0 Å². The first-order valence-electron chi connectivity index (χ1n) is 8.33. The van der Waals surface area contributed by atoms with E-state index in [0.717, 1.165) is 48.9 Å². The van der Waals surface area contributed by atoms with E-state index in [0.29, 0.717) is 12.3 Å². The molecule has 2 heterocycles. The predicted molar refractivity (Wildman–Crippen MR) is 97.7 cm³/mol. The van der Waals surface area contributed by atoms with E-state index in [-0.39, 0.29) is 30.0 Å². The molecule has 1 aromatic carbocycles. The van der Waals surface area contributed by atoms with Gasteiger partial charge in [-0.3, -0.25) is 4.79 Å². The number of amides is 1. The molecule has 0 radical (unpaired) electrons. The van der Waals surface area contributed by atoms with Gasteiger partial charge in [0.05, 0.1) is 11.0 Å². The summed E-state index contributed by atoms with van der Waals surface area (Å²) in [5.41, 5.74) is 2.58. The fourth-order valence-corrected chi connectivity index (χ4v) is 3.15. The SMILES string of the molecule is CC1CCNCC1NC(=O)CCCc1ccc2[nH]c(=O)[nH]c2c1.Cl. The van der Waals surface area contributed by atoms with Crippen molar-refractivity contribution in [3.05, 3.63) is 34.2 Å². The van der Waals surface area contributed by atoms with Crippen LogP contribution in [0, 0.1) is 5.92 Å². The lowest BCUT2D eigenvalue weighted by Crippen LogP contribution is -2.50. The van der Waals surface area contributed by atoms with Crippen molar-refractivity contribution < 1.29 is 4.79 Å². The number of aromatic amines is 2. The number of halogens is 1. The van der Waals surface area contributed by atoms with E-state index in [1.807, 2.05) is 18.2 Å². The lowest BCUT2D eigenvalue weighted by Gasteiger charge is -2.30. The fourth-order valence-electron chi connectivity index (χ4n) is 3.15. The molecule has 1 amide bonds. The Hall–Kier alpha value is -1.79. The van der Waals surface area contributed by atoms with Gasteiger partial charge in [-0.1, -0.05) is 13.0 Å². The summed E-state index contributed by atoms with van der Waals surface area (Å²) in [6, 6.07) is 6.12. The summed E-state index contributed by atoms with van der Waals surface area (Å²) in [6.07, 6.45) is 3.28. The molecule has 6 nitrogen and oxygen atoms in total. The third kappa shape index (κ3) is 4.61. The van der Waals surface area contributed by atoms with Crippen molar-refractivity contribution >= 4 is 29.3 Å². The molecule has 24 heavy (non-hydrogen) atoms. The molecule has 0 bridgehead atoms. The van der Waals surface area contributed by atoms with Gasteiger partial charge in [-0.15, -0.1) is 12.4 Å². The molecule has 4 N–H and O–H groups in total. The van der Waals surface area contributed by atoms with Crippen molar-refractivity contribution in [3.63, 3.8) is 0 Å². The van der Waals surface area contributed by atoms with Crippen molar-refractivity contribution in [2.24, 2.45) is 5.92 Å². The summed E-state index contributed by atoms with van der Waals surface area (Å²) in [5.74, 6) is 0.662. The van der Waals surface area contributed by atoms with Crippen LogP contribution in [0.4, 0.5) is 0 Å². The Kier molecular flexibility index (Phi) is 6.45. The maximum Gasteiger partial charge on any atom is 0.323 e. The molecule has 2 aromatic rings. The third-order valence-corrected chi connectivity index (χ3v) is 4.62. The molecule has 1 fully saturated rings. The Morgan fingerprint density at radius 3 is 2.88 bits per heavy atom. The van der Waals surface area contributed by atoms with E-state index in [2.05, 4.69) is 27.5 Å². The number of fused-ring (bicyclic) bond motifs is 1. The minimum Gasteiger partial charge on any atom is -0.352 e. The van der Waals surface area contributed by atoms with Gasteiger partial charge in [-0.25, -0.2) is 4.79 Å². The lowest BCUT2D eigenvalue weighted by molar-refractivity contribution is -0.122. The van der Waals surface area contributed by atoms with Crippen LogP contribution in [0.5, 0.6) is 0 Å². The molecule has 0 spiro atoms. The van der Waals surface area contributed by atoms with E-state index in [9.17, 15) is 9.59 Å². The second-order valence-corrected chi connectivity index (χ2v) is 6.46. The highest BCUT2D eigenvalue weighted by Crippen LogP contribution is 2.14. The number of piperidine rings is 1. The van der Waals surface area contributed by atoms with E-state index in [1.165, 1.54) is 0 Å². The van der Waals surface area contributed by atoms with Gasteiger partial charge < -0.3 is 20.6 Å². The average Bonchev–Trinajstić information content (AvgIpc) is 2.89. The molecule has 132 valence electrons. The number of nitrogens with one attached hydrogen (secondary N) is 4. The topological polar surface area (TPSA) is 89.8 Å². The minimum atomic E-state index is -0.188. The van der Waals surface area contributed by atoms with Crippen LogP contribution in [0.25, 0.3) is 11.0 Å². The highest BCUT2D eigenvalue weighted by atomic mass is 35.5. The summed E-state index contributed by atoms with van der Waals surface area (Å²) < 4.78 is 0. The first-order chi connectivity index (χ1) is 11.1. The first-order valence-corrected chi connectivity index (χ1v) is 8.33. The van der Waals surface area contributed by atoms with Gasteiger partial charge >= 0.3 is 5.69 Å². The average molecular weight is 353 g/mol. The fraction of sp³-hybridized carbons (Fsp3) is 0.529. The molecule has 1 saturated heterocycles. The van der Waals surface area contributed by atoms with Crippen LogP contribution in [-0.4, -0.2) is 35.0 Å². The number of imidazole rings is 1. The quantitative estimate of drug-likeness (QED) is 0.660. The van der Waals surface area contributed by atoms with E-state index < -0.39 is 0 Å². The number of aromatic nitrogens is 2. The van der Waals surface area contributed by atoms with Gasteiger partial charge in [0.15, 0.2) is 0 Å². The highest BCUT2D eigenvalue weighted by molar-refractivity contribution is 5.85. The van der Waals surface area contributed by atoms with Crippen molar-refractivity contribution in [1.82, 2.24) is 20.6 Å². The van der Waals surface area contributed by atoms with Crippen molar-refractivity contribution in [3.8, 4) is 0 Å². The highest BCUT2D eigenvalue weighted by Gasteiger charge is 2.22. The predicted octanol–water partition coefficient (Wildman–Crippen LogP) is 1.71. The van der Waals surface area contributed by atoms with Crippen LogP contribution in [-0.2, 0) is 11.2 Å². The molecular weight excluding hydrogens is 328 g/mol. The Balaban J connectivity index is 0.00000208. The van der Waals surface area contributed by atoms with Crippen LogP contribution < -0.4 is 16.3 Å². The summed E-state index contributed by atoms with van der Waals surface area (Å²) in [5, 5.41) is 6.46. The van der Waals surface area contributed by atoms with Crippen molar-refractivity contribution in [1.29, 1.82) is 0 Å². The molecule has 0 saturated carbocycles. The number of carbonyl (C=O) groups is 1. The largest absolute Gasteiger partial charge is 0.352 e. The maximum atomic E-state index is 12.1. The number of carbonyl (C=O) groups excluding carboxylic acids is 1. The van der Waals surface area contributed by atoms with Crippen LogP contribution in [0.15, 0.2) is 23.0 Å². The Morgan fingerprint density at radius 2 is 2.08 bits per heavy atom. The standard InChI is InChI=1S/C17H24N4O2.ClH/c1-11-7-8-18-10-15(11)19-16(22)4-2-3-12-5-6-13-14(9-12)21-17(23)20-13;/h5-6,9,11,15,18H,2-4,7-8,10H2,1H3,(H,19,22)(H2,20,21,23);1H. The molecule has 1 aromatic heterocycles. The number of benzene rings is 1. The summed E-state index contributed by atoms with van der Waals surface area (Å²) in [7, 11) is 0. The van der Waals surface area contributed by atoms with Gasteiger partial charge in [0.2, 0.25) is 5.91 Å². The normalized spacial score (nSPS) is 20.5. The molecule has 7 heteroatoms. The number of rotatable bonds is 5. The number of aryl methyl sites for hydroxylation is 1. The minimum absolute atomic E-state index is 0. The Morgan fingerprint density at radius 1 is 1.29 bits per heavy atom. The molecule has 3 rings (SSSR count). The first kappa shape index (κ1) is 18.5. The molecule has 2 atom stereocenters. The monoisotopic (exact) mass is 352 g/mol. The molecule has 0 aliphatic carbocycles. The Bertz CT molecular complexity index is 740. The molecule has 2 unspecified atom stereocenters. The van der Waals surface area contributed by atoms with Crippen LogP contribution in [0.1, 0.15) is 31.7 Å². The van der Waals surface area contributed by atoms with Gasteiger partial charge in [0.1, 0.15) is 0 Å². The van der Waals surface area contributed by atoms with Gasteiger partial charge in [0.25, 0.3) is 0 Å². The number of hydrogen-bond acceptors (Lipinski definition) is 3. The van der Waals surface area contributed by atoms with Crippen molar-refractivity contribution in [2.75, 3.05) is 13.1 Å². The van der Waals surface area contributed by atoms with E-state index >= 15 is 0 Å². The smallest absolute Gasteiger partial charge is 0.323 e. The van der Waals surface area contributed by atoms with E-state index in [4.69, 9.17) is 0 Å². The van der Waals surface area contributed by atoms with Crippen LogP contribution >= 0.6 is 12.4 Å². The van der Waals surface area contributed by atoms with Gasteiger partial charge in [-0.2, -0.15) is 0 Å². The number of H-pyrrole nitrogens is 2. The summed E-state index contributed by atoms with van der Waals surface area (Å²) >= 11 is 0. The van der Waals surface area contributed by atoms with Gasteiger partial charge in [0, 0.05) is 19.0 Å². The second-order valence-electron chi connectivity index (χ2n) is 6.46. The van der Waals surface area contributed by atoms with Gasteiger partial charge in [-0.05, 0) is 49.4 Å². The summed E-state index contributed by atoms with van der Waals surface area (Å²) in [4.78, 5) is 28.8.